The van der Waals surface area contributed by atoms with E-state index in [1.165, 1.54) is 10.6 Å². The van der Waals surface area contributed by atoms with Crippen LogP contribution in [0.3, 0.4) is 0 Å². The van der Waals surface area contributed by atoms with Crippen LogP contribution in [0.25, 0.3) is 0 Å². The molecule has 2 nitrogen and oxygen atoms in total. The van der Waals surface area contributed by atoms with Gasteiger partial charge in [-0.2, -0.15) is 0 Å². The third-order valence-corrected chi connectivity index (χ3v) is 4.16. The van der Waals surface area contributed by atoms with Crippen molar-refractivity contribution in [1.82, 2.24) is 0 Å². The molecule has 3 rings (SSSR count). The van der Waals surface area contributed by atoms with E-state index in [1.54, 1.807) is 0 Å². The zero-order valence-electron chi connectivity index (χ0n) is 9.63. The molecule has 86 valence electrons. The summed E-state index contributed by atoms with van der Waals surface area (Å²) >= 11 is 1.85. The number of nitrogens with one attached hydrogen (secondary N) is 1. The van der Waals surface area contributed by atoms with E-state index < -0.39 is 0 Å². The second kappa shape index (κ2) is 4.34. The minimum Gasteiger partial charge on any atom is -0.356 e. The molecule has 0 aromatic heterocycles. The lowest BCUT2D eigenvalue weighted by Crippen LogP contribution is -2.31. The van der Waals surface area contributed by atoms with Gasteiger partial charge in [-0.05, 0) is 24.3 Å². The first kappa shape index (κ1) is 10.5. The van der Waals surface area contributed by atoms with Crippen LogP contribution < -0.4 is 10.2 Å². The summed E-state index contributed by atoms with van der Waals surface area (Å²) in [5, 5.41) is 3.53. The SMILES string of the molecule is CN1c2ccccc2SC1Nc1ccccc1. The maximum atomic E-state index is 3.53. The van der Waals surface area contributed by atoms with Gasteiger partial charge >= 0.3 is 0 Å². The van der Waals surface area contributed by atoms with Crippen molar-refractivity contribution in [3.05, 3.63) is 54.6 Å². The first-order chi connectivity index (χ1) is 8.34. The lowest BCUT2D eigenvalue weighted by atomic mass is 10.3. The summed E-state index contributed by atoms with van der Waals surface area (Å²) in [6.45, 7) is 0. The van der Waals surface area contributed by atoms with Gasteiger partial charge in [-0.15, -0.1) is 0 Å². The van der Waals surface area contributed by atoms with Gasteiger partial charge in [0, 0.05) is 17.6 Å². The number of hydrogen-bond acceptors (Lipinski definition) is 3. The van der Waals surface area contributed by atoms with Crippen LogP contribution in [0, 0.1) is 0 Å². The van der Waals surface area contributed by atoms with Gasteiger partial charge in [0.2, 0.25) is 0 Å². The Bertz CT molecular complexity index is 513. The quantitative estimate of drug-likeness (QED) is 0.865. The first-order valence-corrected chi connectivity index (χ1v) is 6.53. The zero-order chi connectivity index (χ0) is 11.7. The average molecular weight is 242 g/mol. The number of thioether (sulfide) groups is 1. The molecule has 0 spiro atoms. The van der Waals surface area contributed by atoms with Crippen LogP contribution in [-0.4, -0.2) is 12.5 Å². The molecule has 3 heteroatoms. The molecular weight excluding hydrogens is 228 g/mol. The molecule has 1 N–H and O–H groups in total. The van der Waals surface area contributed by atoms with E-state index >= 15 is 0 Å². The maximum Gasteiger partial charge on any atom is 0.152 e. The highest BCUT2D eigenvalue weighted by Gasteiger charge is 2.26. The second-order valence-corrected chi connectivity index (χ2v) is 5.18. The number of fused-ring (bicyclic) bond motifs is 1. The largest absolute Gasteiger partial charge is 0.356 e. The molecule has 2 aromatic rings. The maximum absolute atomic E-state index is 3.53. The Morgan fingerprint density at radius 1 is 1.00 bits per heavy atom. The monoisotopic (exact) mass is 242 g/mol. The predicted molar refractivity (Wildman–Crippen MR) is 74.6 cm³/mol. The first-order valence-electron chi connectivity index (χ1n) is 5.65. The van der Waals surface area contributed by atoms with Crippen LogP contribution in [0.4, 0.5) is 11.4 Å². The van der Waals surface area contributed by atoms with Crippen molar-refractivity contribution >= 4 is 23.1 Å². The smallest absolute Gasteiger partial charge is 0.152 e. The molecule has 0 amide bonds. The van der Waals surface area contributed by atoms with Crippen LogP contribution in [0.2, 0.25) is 0 Å². The summed E-state index contributed by atoms with van der Waals surface area (Å²) in [6, 6.07) is 18.8. The molecule has 2 aromatic carbocycles. The molecule has 1 unspecified atom stereocenters. The molecule has 0 saturated carbocycles. The van der Waals surface area contributed by atoms with Crippen molar-refractivity contribution in [3.8, 4) is 0 Å². The van der Waals surface area contributed by atoms with Crippen LogP contribution >= 0.6 is 11.8 Å². The van der Waals surface area contributed by atoms with Crippen molar-refractivity contribution in [2.75, 3.05) is 17.3 Å². The van der Waals surface area contributed by atoms with E-state index in [0.717, 1.165) is 5.69 Å². The lowest BCUT2D eigenvalue weighted by molar-refractivity contribution is 0.935. The Labute approximate surface area is 106 Å². The summed E-state index contributed by atoms with van der Waals surface area (Å²) in [6.07, 6.45) is 0. The van der Waals surface area contributed by atoms with E-state index in [2.05, 4.69) is 65.8 Å². The summed E-state index contributed by atoms with van der Waals surface area (Å²) in [5.74, 6) is 0. The van der Waals surface area contributed by atoms with Gasteiger partial charge in [0.05, 0.1) is 5.69 Å². The third-order valence-electron chi connectivity index (χ3n) is 2.90. The summed E-state index contributed by atoms with van der Waals surface area (Å²) in [4.78, 5) is 3.61. The Morgan fingerprint density at radius 3 is 2.47 bits per heavy atom. The van der Waals surface area contributed by atoms with Crippen LogP contribution in [0.1, 0.15) is 0 Å². The Kier molecular flexibility index (Phi) is 2.69. The van der Waals surface area contributed by atoms with Gasteiger partial charge in [-0.25, -0.2) is 0 Å². The zero-order valence-corrected chi connectivity index (χ0v) is 10.4. The summed E-state index contributed by atoms with van der Waals surface area (Å²) in [7, 11) is 2.12. The number of hydrogen-bond donors (Lipinski definition) is 1. The highest BCUT2D eigenvalue weighted by molar-refractivity contribution is 8.00. The highest BCUT2D eigenvalue weighted by Crippen LogP contribution is 2.42. The van der Waals surface area contributed by atoms with E-state index in [9.17, 15) is 0 Å². The van der Waals surface area contributed by atoms with Crippen molar-refractivity contribution in [1.29, 1.82) is 0 Å². The van der Waals surface area contributed by atoms with E-state index in [4.69, 9.17) is 0 Å². The highest BCUT2D eigenvalue weighted by atomic mass is 32.2. The summed E-state index contributed by atoms with van der Waals surface area (Å²) < 4.78 is 0. The van der Waals surface area contributed by atoms with Crippen LogP contribution in [0.15, 0.2) is 59.5 Å². The molecule has 17 heavy (non-hydrogen) atoms. The lowest BCUT2D eigenvalue weighted by Gasteiger charge is -2.23. The van der Waals surface area contributed by atoms with Gasteiger partial charge < -0.3 is 10.2 Å². The molecule has 0 bridgehead atoms. The molecule has 1 aliphatic heterocycles. The normalized spacial score (nSPS) is 17.9. The Balaban J connectivity index is 1.81. The van der Waals surface area contributed by atoms with Gasteiger partial charge in [-0.1, -0.05) is 42.1 Å². The van der Waals surface area contributed by atoms with Crippen molar-refractivity contribution in [2.45, 2.75) is 10.4 Å². The van der Waals surface area contributed by atoms with Crippen molar-refractivity contribution in [3.63, 3.8) is 0 Å². The molecule has 0 aliphatic carbocycles. The number of para-hydroxylation sites is 2. The number of anilines is 2. The molecule has 1 aliphatic rings. The van der Waals surface area contributed by atoms with E-state index in [0.29, 0.717) is 0 Å². The molecule has 0 fully saturated rings. The Morgan fingerprint density at radius 2 is 1.71 bits per heavy atom. The summed E-state index contributed by atoms with van der Waals surface area (Å²) in [5.41, 5.74) is 2.73. The molecular formula is C14H14N2S. The number of nitrogens with zero attached hydrogens (tertiary/aromatic N) is 1. The Hall–Kier alpha value is -1.61. The molecule has 0 radical (unpaired) electrons. The molecule has 1 atom stereocenters. The van der Waals surface area contributed by atoms with Gasteiger partial charge in [0.15, 0.2) is 5.50 Å². The van der Waals surface area contributed by atoms with Gasteiger partial charge in [0.1, 0.15) is 0 Å². The fourth-order valence-corrected chi connectivity index (χ4v) is 3.17. The van der Waals surface area contributed by atoms with Gasteiger partial charge in [0.25, 0.3) is 0 Å². The van der Waals surface area contributed by atoms with Crippen LogP contribution in [-0.2, 0) is 0 Å². The van der Waals surface area contributed by atoms with Gasteiger partial charge in [-0.3, -0.25) is 0 Å². The molecule has 1 heterocycles. The molecule has 0 saturated heterocycles. The fourth-order valence-electron chi connectivity index (χ4n) is 1.98. The number of rotatable bonds is 2. The van der Waals surface area contributed by atoms with E-state index in [1.807, 2.05) is 17.8 Å². The minimum atomic E-state index is 0.273. The minimum absolute atomic E-state index is 0.273. The van der Waals surface area contributed by atoms with Crippen LogP contribution in [0.5, 0.6) is 0 Å². The van der Waals surface area contributed by atoms with Crippen molar-refractivity contribution < 1.29 is 0 Å². The van der Waals surface area contributed by atoms with Crippen molar-refractivity contribution in [2.24, 2.45) is 0 Å². The fraction of sp³-hybridized carbons (Fsp3) is 0.143. The average Bonchev–Trinajstić information content (AvgIpc) is 2.68. The second-order valence-electron chi connectivity index (χ2n) is 4.06. The predicted octanol–water partition coefficient (Wildman–Crippen LogP) is 3.62. The topological polar surface area (TPSA) is 15.3 Å². The number of benzene rings is 2. The van der Waals surface area contributed by atoms with E-state index in [-0.39, 0.29) is 5.50 Å². The standard InChI is InChI=1S/C14H14N2S/c1-16-12-9-5-6-10-13(12)17-14(16)15-11-7-3-2-4-8-11/h2-10,14-15H,1H3. The third kappa shape index (κ3) is 1.98.